The van der Waals surface area contributed by atoms with Gasteiger partial charge < -0.3 is 10.1 Å². The summed E-state index contributed by atoms with van der Waals surface area (Å²) < 4.78 is 6.03. The Balaban J connectivity index is 2.45. The third-order valence-electron chi connectivity index (χ3n) is 3.86. The van der Waals surface area contributed by atoms with E-state index in [0.29, 0.717) is 6.04 Å². The van der Waals surface area contributed by atoms with Crippen molar-refractivity contribution >= 4 is 0 Å². The Bertz CT molecular complexity index is 445. The van der Waals surface area contributed by atoms with Crippen LogP contribution < -0.4 is 10.1 Å². The fourth-order valence-electron chi connectivity index (χ4n) is 2.82. The lowest BCUT2D eigenvalue weighted by Crippen LogP contribution is -2.30. The molecule has 0 aromatic heterocycles. The minimum Gasteiger partial charge on any atom is -0.493 e. The van der Waals surface area contributed by atoms with Crippen LogP contribution in [0.25, 0.3) is 0 Å². The van der Waals surface area contributed by atoms with Gasteiger partial charge in [0.05, 0.1) is 6.61 Å². The van der Waals surface area contributed by atoms with Crippen molar-refractivity contribution in [2.24, 2.45) is 0 Å². The second kappa shape index (κ2) is 5.54. The van der Waals surface area contributed by atoms with Gasteiger partial charge >= 0.3 is 0 Å². The van der Waals surface area contributed by atoms with Gasteiger partial charge in [-0.1, -0.05) is 39.8 Å². The Labute approximate surface area is 117 Å². The highest BCUT2D eigenvalue weighted by atomic mass is 16.5. The fraction of sp³-hybridized carbons (Fsp3) is 0.647. The van der Waals surface area contributed by atoms with E-state index in [1.165, 1.54) is 23.1 Å². The number of benzene rings is 1. The molecule has 2 heteroatoms. The van der Waals surface area contributed by atoms with E-state index in [1.807, 2.05) is 0 Å². The van der Waals surface area contributed by atoms with Crippen molar-refractivity contribution in [1.29, 1.82) is 0 Å². The molecular formula is C17H27NO. The number of hydrogen-bond donors (Lipinski definition) is 1. The zero-order chi connectivity index (χ0) is 14.0. The zero-order valence-electron chi connectivity index (χ0n) is 13.0. The van der Waals surface area contributed by atoms with Crippen LogP contribution in [0.3, 0.4) is 0 Å². The van der Waals surface area contributed by atoms with Crippen LogP contribution in [0.1, 0.15) is 63.3 Å². The van der Waals surface area contributed by atoms with E-state index in [9.17, 15) is 0 Å². The number of nitrogens with one attached hydrogen (secondary N) is 1. The molecule has 0 radical (unpaired) electrons. The zero-order valence-corrected chi connectivity index (χ0v) is 13.0. The van der Waals surface area contributed by atoms with Gasteiger partial charge in [0.15, 0.2) is 0 Å². The van der Waals surface area contributed by atoms with Crippen LogP contribution in [0.5, 0.6) is 5.75 Å². The van der Waals surface area contributed by atoms with Crippen molar-refractivity contribution in [1.82, 2.24) is 5.32 Å². The van der Waals surface area contributed by atoms with E-state index < -0.39 is 0 Å². The van der Waals surface area contributed by atoms with E-state index in [1.54, 1.807) is 0 Å². The lowest BCUT2D eigenvalue weighted by atomic mass is 9.82. The molecular weight excluding hydrogens is 234 g/mol. The standard InChI is InChI=1S/C17H27NO/c1-6-10-18-14-9-11-19-16-13(17(3,4)5)8-7-12(2)15(14)16/h7-8,14,18H,6,9-11H2,1-5H3. The van der Waals surface area contributed by atoms with Gasteiger partial charge in [0.1, 0.15) is 5.75 Å². The molecule has 0 fully saturated rings. The van der Waals surface area contributed by atoms with Gasteiger partial charge in [-0.3, -0.25) is 0 Å². The number of hydrogen-bond acceptors (Lipinski definition) is 2. The van der Waals surface area contributed by atoms with Gasteiger partial charge in [-0.2, -0.15) is 0 Å². The summed E-state index contributed by atoms with van der Waals surface area (Å²) in [5, 5.41) is 3.67. The van der Waals surface area contributed by atoms with Crippen LogP contribution in [0.2, 0.25) is 0 Å². The molecule has 1 unspecified atom stereocenters. The maximum absolute atomic E-state index is 6.03. The smallest absolute Gasteiger partial charge is 0.128 e. The molecule has 1 N–H and O–H groups in total. The molecule has 2 nitrogen and oxygen atoms in total. The lowest BCUT2D eigenvalue weighted by Gasteiger charge is -2.33. The Hall–Kier alpha value is -1.02. The minimum absolute atomic E-state index is 0.129. The highest BCUT2D eigenvalue weighted by Crippen LogP contribution is 2.41. The lowest BCUT2D eigenvalue weighted by molar-refractivity contribution is 0.246. The van der Waals surface area contributed by atoms with Crippen LogP contribution in [0.4, 0.5) is 0 Å². The van der Waals surface area contributed by atoms with Crippen LogP contribution in [-0.2, 0) is 5.41 Å². The molecule has 2 rings (SSSR count). The summed E-state index contributed by atoms with van der Waals surface area (Å²) in [4.78, 5) is 0. The van der Waals surface area contributed by atoms with Crippen molar-refractivity contribution in [3.8, 4) is 5.75 Å². The second-order valence-electron chi connectivity index (χ2n) is 6.57. The van der Waals surface area contributed by atoms with Gasteiger partial charge in [-0.15, -0.1) is 0 Å². The van der Waals surface area contributed by atoms with E-state index in [4.69, 9.17) is 4.74 Å². The SMILES string of the molecule is CCCNC1CCOc2c(C(C)(C)C)ccc(C)c21. The summed E-state index contributed by atoms with van der Waals surface area (Å²) in [6.45, 7) is 13.1. The highest BCUT2D eigenvalue weighted by Gasteiger charge is 2.29. The van der Waals surface area contributed by atoms with Crippen LogP contribution in [0.15, 0.2) is 12.1 Å². The predicted octanol–water partition coefficient (Wildman–Crippen LogP) is 4.12. The fourth-order valence-corrected chi connectivity index (χ4v) is 2.82. The maximum atomic E-state index is 6.03. The molecule has 1 aromatic carbocycles. The summed E-state index contributed by atoms with van der Waals surface area (Å²) in [6, 6.07) is 4.93. The first kappa shape index (κ1) is 14.4. The Morgan fingerprint density at radius 1 is 1.32 bits per heavy atom. The van der Waals surface area contributed by atoms with E-state index >= 15 is 0 Å². The van der Waals surface area contributed by atoms with Gasteiger partial charge in [0.25, 0.3) is 0 Å². The summed E-state index contributed by atoms with van der Waals surface area (Å²) in [5.41, 5.74) is 4.18. The van der Waals surface area contributed by atoms with Gasteiger partial charge in [0, 0.05) is 18.0 Å². The largest absolute Gasteiger partial charge is 0.493 e. The topological polar surface area (TPSA) is 21.3 Å². The number of fused-ring (bicyclic) bond motifs is 1. The van der Waals surface area contributed by atoms with Crippen molar-refractivity contribution in [3.63, 3.8) is 0 Å². The normalized spacial score (nSPS) is 18.9. The van der Waals surface area contributed by atoms with E-state index in [2.05, 4.69) is 52.1 Å². The first-order valence-electron chi connectivity index (χ1n) is 7.45. The molecule has 0 spiro atoms. The van der Waals surface area contributed by atoms with Gasteiger partial charge in [0.2, 0.25) is 0 Å². The van der Waals surface area contributed by atoms with E-state index in [0.717, 1.165) is 25.3 Å². The molecule has 0 saturated carbocycles. The molecule has 1 atom stereocenters. The first-order chi connectivity index (χ1) is 8.95. The summed E-state index contributed by atoms with van der Waals surface area (Å²) in [5.74, 6) is 1.13. The van der Waals surface area contributed by atoms with Crippen LogP contribution >= 0.6 is 0 Å². The van der Waals surface area contributed by atoms with Crippen LogP contribution in [0, 0.1) is 6.92 Å². The van der Waals surface area contributed by atoms with E-state index in [-0.39, 0.29) is 5.41 Å². The average molecular weight is 261 g/mol. The second-order valence-corrected chi connectivity index (χ2v) is 6.57. The Morgan fingerprint density at radius 3 is 2.68 bits per heavy atom. The first-order valence-corrected chi connectivity index (χ1v) is 7.45. The Morgan fingerprint density at radius 2 is 2.05 bits per heavy atom. The molecule has 0 amide bonds. The molecule has 0 saturated heterocycles. The third-order valence-corrected chi connectivity index (χ3v) is 3.86. The van der Waals surface area contributed by atoms with Crippen molar-refractivity contribution in [2.75, 3.05) is 13.2 Å². The average Bonchev–Trinajstić information content (AvgIpc) is 2.35. The monoisotopic (exact) mass is 261 g/mol. The van der Waals surface area contributed by atoms with Crippen LogP contribution in [-0.4, -0.2) is 13.2 Å². The predicted molar refractivity (Wildman–Crippen MR) is 81.0 cm³/mol. The molecule has 1 heterocycles. The molecule has 106 valence electrons. The van der Waals surface area contributed by atoms with Crippen molar-refractivity contribution < 1.29 is 4.74 Å². The molecule has 1 aliphatic rings. The van der Waals surface area contributed by atoms with Gasteiger partial charge in [-0.25, -0.2) is 0 Å². The number of rotatable bonds is 3. The third kappa shape index (κ3) is 2.94. The van der Waals surface area contributed by atoms with Gasteiger partial charge in [-0.05, 0) is 36.4 Å². The quantitative estimate of drug-likeness (QED) is 0.884. The maximum Gasteiger partial charge on any atom is 0.128 e. The molecule has 1 aliphatic heterocycles. The summed E-state index contributed by atoms with van der Waals surface area (Å²) >= 11 is 0. The molecule has 1 aromatic rings. The summed E-state index contributed by atoms with van der Waals surface area (Å²) in [6.07, 6.45) is 2.24. The number of ether oxygens (including phenoxy) is 1. The molecule has 0 bridgehead atoms. The molecule has 0 aliphatic carbocycles. The highest BCUT2D eigenvalue weighted by molar-refractivity contribution is 5.51. The van der Waals surface area contributed by atoms with Crippen molar-refractivity contribution in [2.45, 2.75) is 58.9 Å². The summed E-state index contributed by atoms with van der Waals surface area (Å²) in [7, 11) is 0. The Kier molecular flexibility index (Phi) is 4.19. The van der Waals surface area contributed by atoms with Crippen molar-refractivity contribution in [3.05, 3.63) is 28.8 Å². The molecule has 19 heavy (non-hydrogen) atoms. The minimum atomic E-state index is 0.129. The number of aryl methyl sites for hydroxylation is 1.